The first-order chi connectivity index (χ1) is 8.70. The number of benzene rings is 1. The zero-order valence-electron chi connectivity index (χ0n) is 9.11. The van der Waals surface area contributed by atoms with Gasteiger partial charge in [0.25, 0.3) is 5.69 Å². The van der Waals surface area contributed by atoms with E-state index >= 15 is 0 Å². The summed E-state index contributed by atoms with van der Waals surface area (Å²) in [7, 11) is 0. The van der Waals surface area contributed by atoms with Gasteiger partial charge in [-0.05, 0) is 24.3 Å². The van der Waals surface area contributed by atoms with Crippen LogP contribution in [0.25, 0.3) is 0 Å². The van der Waals surface area contributed by atoms with E-state index in [4.69, 9.17) is 5.26 Å². The van der Waals surface area contributed by atoms with Crippen LogP contribution < -0.4 is 0 Å². The normalized spacial score (nSPS) is 9.72. The highest BCUT2D eigenvalue weighted by Gasteiger charge is 2.15. The summed E-state index contributed by atoms with van der Waals surface area (Å²) in [5, 5.41) is 19.7. The molecule has 88 valence electrons. The second-order valence-corrected chi connectivity index (χ2v) is 4.45. The number of nitriles is 1. The fourth-order valence-electron chi connectivity index (χ4n) is 1.35. The molecule has 0 unspecified atom stereocenters. The first-order valence-corrected chi connectivity index (χ1v) is 5.79. The second kappa shape index (κ2) is 5.29. The van der Waals surface area contributed by atoms with Gasteiger partial charge in [0.2, 0.25) is 0 Å². The van der Waals surface area contributed by atoms with Gasteiger partial charge in [-0.15, -0.1) is 0 Å². The Bertz CT molecular complexity index is 623. The number of nitro benzene ring substituents is 1. The Morgan fingerprint density at radius 1 is 1.28 bits per heavy atom. The summed E-state index contributed by atoms with van der Waals surface area (Å²) < 4.78 is 0. The fraction of sp³-hybridized carbons (Fsp3) is 0. The van der Waals surface area contributed by atoms with Crippen molar-refractivity contribution in [3.8, 4) is 6.07 Å². The van der Waals surface area contributed by atoms with E-state index in [2.05, 4.69) is 4.98 Å². The average molecular weight is 257 g/mol. The minimum absolute atomic E-state index is 0.0594. The number of pyridine rings is 1. The Kier molecular flexibility index (Phi) is 3.55. The van der Waals surface area contributed by atoms with E-state index in [9.17, 15) is 10.1 Å². The molecule has 0 N–H and O–H groups in total. The summed E-state index contributed by atoms with van der Waals surface area (Å²) in [4.78, 5) is 15.7. The van der Waals surface area contributed by atoms with Gasteiger partial charge in [-0.3, -0.25) is 15.1 Å². The maximum Gasteiger partial charge on any atom is 0.284 e. The largest absolute Gasteiger partial charge is 0.284 e. The number of rotatable bonds is 3. The molecule has 0 amide bonds. The van der Waals surface area contributed by atoms with Crippen LogP contribution in [0.5, 0.6) is 0 Å². The Labute approximate surface area is 107 Å². The quantitative estimate of drug-likeness (QED) is 0.623. The first kappa shape index (κ1) is 12.1. The van der Waals surface area contributed by atoms with E-state index in [-0.39, 0.29) is 11.3 Å². The van der Waals surface area contributed by atoms with Gasteiger partial charge in [0.15, 0.2) is 0 Å². The summed E-state index contributed by atoms with van der Waals surface area (Å²) in [6.45, 7) is 0. The van der Waals surface area contributed by atoms with Crippen LogP contribution in [0.1, 0.15) is 5.56 Å². The molecule has 0 bridgehead atoms. The SMILES string of the molecule is N#Cc1ccc(Sc2ccncc2)c([N+](=O)[O-])c1. The van der Waals surface area contributed by atoms with Crippen LogP contribution in [0.3, 0.4) is 0 Å². The van der Waals surface area contributed by atoms with Gasteiger partial charge in [0, 0.05) is 23.4 Å². The molecule has 0 aliphatic rings. The van der Waals surface area contributed by atoms with E-state index in [0.29, 0.717) is 4.90 Å². The molecule has 0 aliphatic carbocycles. The highest BCUT2D eigenvalue weighted by atomic mass is 32.2. The highest BCUT2D eigenvalue weighted by Crippen LogP contribution is 2.34. The minimum atomic E-state index is -0.482. The Morgan fingerprint density at radius 2 is 2.00 bits per heavy atom. The molecule has 1 aromatic heterocycles. The zero-order valence-corrected chi connectivity index (χ0v) is 9.92. The van der Waals surface area contributed by atoms with Crippen molar-refractivity contribution in [2.75, 3.05) is 0 Å². The smallest absolute Gasteiger partial charge is 0.265 e. The third-order valence-electron chi connectivity index (χ3n) is 2.16. The summed E-state index contributed by atoms with van der Waals surface area (Å²) in [5.41, 5.74) is 0.219. The van der Waals surface area contributed by atoms with Gasteiger partial charge >= 0.3 is 0 Å². The number of nitro groups is 1. The van der Waals surface area contributed by atoms with E-state index in [1.54, 1.807) is 36.7 Å². The van der Waals surface area contributed by atoms with Gasteiger partial charge in [-0.2, -0.15) is 5.26 Å². The maximum absolute atomic E-state index is 11.0. The molecule has 0 saturated carbocycles. The molecule has 0 aliphatic heterocycles. The van der Waals surface area contributed by atoms with Crippen LogP contribution in [-0.2, 0) is 0 Å². The highest BCUT2D eigenvalue weighted by molar-refractivity contribution is 7.99. The molecule has 18 heavy (non-hydrogen) atoms. The lowest BCUT2D eigenvalue weighted by Crippen LogP contribution is -1.91. The molecular formula is C12H7N3O2S. The lowest BCUT2D eigenvalue weighted by molar-refractivity contribution is -0.387. The van der Waals surface area contributed by atoms with Crippen LogP contribution in [0, 0.1) is 21.4 Å². The number of hydrogen-bond acceptors (Lipinski definition) is 5. The average Bonchev–Trinajstić information content (AvgIpc) is 2.40. The van der Waals surface area contributed by atoms with Crippen molar-refractivity contribution >= 4 is 17.4 Å². The zero-order chi connectivity index (χ0) is 13.0. The summed E-state index contributed by atoms with van der Waals surface area (Å²) in [6.07, 6.45) is 3.25. The maximum atomic E-state index is 11.0. The van der Waals surface area contributed by atoms with Crippen molar-refractivity contribution in [3.05, 3.63) is 58.4 Å². The topological polar surface area (TPSA) is 79.8 Å². The molecule has 0 atom stereocenters. The number of aromatic nitrogens is 1. The molecule has 1 aromatic carbocycles. The lowest BCUT2D eigenvalue weighted by atomic mass is 10.2. The number of hydrogen-bond donors (Lipinski definition) is 0. The van der Waals surface area contributed by atoms with Crippen molar-refractivity contribution in [3.63, 3.8) is 0 Å². The monoisotopic (exact) mass is 257 g/mol. The van der Waals surface area contributed by atoms with Gasteiger partial charge in [0.05, 0.1) is 21.5 Å². The Morgan fingerprint density at radius 3 is 2.61 bits per heavy atom. The van der Waals surface area contributed by atoms with Crippen molar-refractivity contribution in [1.82, 2.24) is 4.98 Å². The van der Waals surface area contributed by atoms with Crippen molar-refractivity contribution in [1.29, 1.82) is 5.26 Å². The predicted octanol–water partition coefficient (Wildman–Crippen LogP) is 3.01. The lowest BCUT2D eigenvalue weighted by Gasteiger charge is -2.02. The molecule has 0 saturated heterocycles. The van der Waals surface area contributed by atoms with E-state index in [1.807, 2.05) is 6.07 Å². The fourth-order valence-corrected chi connectivity index (χ4v) is 2.23. The van der Waals surface area contributed by atoms with Crippen molar-refractivity contribution < 1.29 is 4.92 Å². The van der Waals surface area contributed by atoms with Crippen LogP contribution in [-0.4, -0.2) is 9.91 Å². The molecule has 1 heterocycles. The molecule has 2 rings (SSSR count). The molecular weight excluding hydrogens is 250 g/mol. The van der Waals surface area contributed by atoms with E-state index < -0.39 is 4.92 Å². The predicted molar refractivity (Wildman–Crippen MR) is 66.2 cm³/mol. The van der Waals surface area contributed by atoms with Gasteiger partial charge in [-0.1, -0.05) is 11.8 Å². The van der Waals surface area contributed by atoms with Crippen molar-refractivity contribution in [2.24, 2.45) is 0 Å². The first-order valence-electron chi connectivity index (χ1n) is 4.97. The van der Waals surface area contributed by atoms with E-state index in [0.717, 1.165) is 4.90 Å². The molecule has 0 fully saturated rings. The van der Waals surface area contributed by atoms with Crippen LogP contribution in [0.4, 0.5) is 5.69 Å². The van der Waals surface area contributed by atoms with Crippen LogP contribution >= 0.6 is 11.8 Å². The Balaban J connectivity index is 2.39. The van der Waals surface area contributed by atoms with Gasteiger partial charge in [-0.25, -0.2) is 0 Å². The third-order valence-corrected chi connectivity index (χ3v) is 3.24. The summed E-state index contributed by atoms with van der Waals surface area (Å²) in [6, 6.07) is 9.86. The van der Waals surface area contributed by atoms with Crippen molar-refractivity contribution in [2.45, 2.75) is 9.79 Å². The summed E-state index contributed by atoms with van der Waals surface area (Å²) >= 11 is 1.27. The minimum Gasteiger partial charge on any atom is -0.265 e. The number of nitrogens with zero attached hydrogens (tertiary/aromatic N) is 3. The van der Waals surface area contributed by atoms with E-state index in [1.165, 1.54) is 17.8 Å². The second-order valence-electron chi connectivity index (χ2n) is 3.34. The molecule has 0 spiro atoms. The van der Waals surface area contributed by atoms with Gasteiger partial charge in [0.1, 0.15) is 0 Å². The molecule has 6 heteroatoms. The molecule has 5 nitrogen and oxygen atoms in total. The Hall–Kier alpha value is -2.39. The molecule has 2 aromatic rings. The van der Waals surface area contributed by atoms with Crippen LogP contribution in [0.2, 0.25) is 0 Å². The standard InChI is InChI=1S/C12H7N3O2S/c13-8-9-1-2-12(11(7-9)15(16)17)18-10-3-5-14-6-4-10/h1-7H. The van der Waals surface area contributed by atoms with Gasteiger partial charge < -0.3 is 0 Å². The van der Waals surface area contributed by atoms with Crippen LogP contribution in [0.15, 0.2) is 52.5 Å². The summed E-state index contributed by atoms with van der Waals surface area (Å²) in [5.74, 6) is 0. The molecule has 0 radical (unpaired) electrons. The third kappa shape index (κ3) is 2.64.